The third-order valence-electron chi connectivity index (χ3n) is 4.68. The lowest BCUT2D eigenvalue weighted by Gasteiger charge is -2.17. The first-order chi connectivity index (χ1) is 14.2. The number of pyridine rings is 3. The molecule has 0 saturated heterocycles. The second kappa shape index (κ2) is 6.88. The molecule has 1 aliphatic rings. The van der Waals surface area contributed by atoms with Crippen LogP contribution in [0.1, 0.15) is 12.5 Å². The van der Waals surface area contributed by atoms with Gasteiger partial charge in [-0.3, -0.25) is 9.80 Å². The Morgan fingerprint density at radius 1 is 1.17 bits per heavy atom. The molecule has 29 heavy (non-hydrogen) atoms. The van der Waals surface area contributed by atoms with E-state index in [1.54, 1.807) is 18.5 Å². The lowest BCUT2D eigenvalue weighted by molar-refractivity contribution is -0.114. The van der Waals surface area contributed by atoms with E-state index in [1.165, 1.54) is 6.92 Å². The summed E-state index contributed by atoms with van der Waals surface area (Å²) in [5.74, 6) is 1.16. The second-order valence-corrected chi connectivity index (χ2v) is 6.72. The lowest BCUT2D eigenvalue weighted by atomic mass is 10.2. The first-order valence-corrected chi connectivity index (χ1v) is 9.12. The number of aromatic nitrogens is 4. The molecule has 0 saturated carbocycles. The molecule has 144 valence electrons. The summed E-state index contributed by atoms with van der Waals surface area (Å²) < 4.78 is 0. The SMILES string of the molecule is CC(=O)Nc1ccc(-c2ccc3c(n2)N(Cc2c[nH]c4ncccc24)NN3)cn1. The van der Waals surface area contributed by atoms with Crippen molar-refractivity contribution in [2.24, 2.45) is 0 Å². The molecule has 0 radical (unpaired) electrons. The number of H-pyrrole nitrogens is 1. The highest BCUT2D eigenvalue weighted by molar-refractivity contribution is 5.87. The maximum atomic E-state index is 11.2. The Balaban J connectivity index is 1.42. The summed E-state index contributed by atoms with van der Waals surface area (Å²) in [7, 11) is 0. The summed E-state index contributed by atoms with van der Waals surface area (Å²) in [6.07, 6.45) is 5.43. The van der Waals surface area contributed by atoms with Crippen LogP contribution in [0.3, 0.4) is 0 Å². The van der Waals surface area contributed by atoms with E-state index in [1.807, 2.05) is 41.5 Å². The van der Waals surface area contributed by atoms with Crippen LogP contribution < -0.4 is 21.3 Å². The minimum Gasteiger partial charge on any atom is -0.346 e. The number of nitrogens with one attached hydrogen (secondary N) is 4. The van der Waals surface area contributed by atoms with Crippen LogP contribution in [0.25, 0.3) is 22.3 Å². The van der Waals surface area contributed by atoms with Gasteiger partial charge in [0.2, 0.25) is 5.91 Å². The molecule has 9 nitrogen and oxygen atoms in total. The van der Waals surface area contributed by atoms with Gasteiger partial charge in [0.15, 0.2) is 5.82 Å². The van der Waals surface area contributed by atoms with Gasteiger partial charge in [0, 0.05) is 42.0 Å². The van der Waals surface area contributed by atoms with E-state index < -0.39 is 0 Å². The minimum absolute atomic E-state index is 0.152. The van der Waals surface area contributed by atoms with Gasteiger partial charge >= 0.3 is 0 Å². The number of amides is 1. The minimum atomic E-state index is -0.152. The standard InChI is InChI=1S/C20H18N8O/c1-12(29)24-18-7-4-13(9-22-18)16-5-6-17-20(25-16)28(27-26-17)11-14-10-23-19-15(14)3-2-8-21-19/h2-10,26-27H,11H2,1H3,(H,21,23)(H,22,24,29). The first kappa shape index (κ1) is 17.1. The molecular weight excluding hydrogens is 368 g/mol. The molecule has 4 aromatic rings. The summed E-state index contributed by atoms with van der Waals surface area (Å²) >= 11 is 0. The Morgan fingerprint density at radius 3 is 2.93 bits per heavy atom. The predicted molar refractivity (Wildman–Crippen MR) is 111 cm³/mol. The Hall–Kier alpha value is -3.98. The van der Waals surface area contributed by atoms with E-state index in [9.17, 15) is 4.79 Å². The Labute approximate surface area is 166 Å². The largest absolute Gasteiger partial charge is 0.346 e. The van der Waals surface area contributed by atoms with Crippen molar-refractivity contribution < 1.29 is 4.79 Å². The first-order valence-electron chi connectivity index (χ1n) is 9.12. The normalized spacial score (nSPS) is 12.7. The molecule has 0 aliphatic carbocycles. The fourth-order valence-corrected chi connectivity index (χ4v) is 3.32. The summed E-state index contributed by atoms with van der Waals surface area (Å²) in [6.45, 7) is 2.07. The van der Waals surface area contributed by atoms with Crippen molar-refractivity contribution in [3.05, 3.63) is 60.6 Å². The van der Waals surface area contributed by atoms with Gasteiger partial charge in [-0.2, -0.15) is 0 Å². The maximum absolute atomic E-state index is 11.2. The number of carbonyl (C=O) groups excluding carboxylic acids is 1. The number of aromatic amines is 1. The van der Waals surface area contributed by atoms with E-state index >= 15 is 0 Å². The van der Waals surface area contributed by atoms with Crippen molar-refractivity contribution in [2.45, 2.75) is 13.5 Å². The van der Waals surface area contributed by atoms with E-state index in [4.69, 9.17) is 4.98 Å². The van der Waals surface area contributed by atoms with Crippen LogP contribution in [0.4, 0.5) is 17.3 Å². The summed E-state index contributed by atoms with van der Waals surface area (Å²) in [5.41, 5.74) is 10.8. The van der Waals surface area contributed by atoms with Gasteiger partial charge in [-0.1, -0.05) is 0 Å². The number of carbonyl (C=O) groups is 1. The zero-order valence-corrected chi connectivity index (χ0v) is 15.6. The Morgan fingerprint density at radius 2 is 2.10 bits per heavy atom. The van der Waals surface area contributed by atoms with Gasteiger partial charge in [0.25, 0.3) is 0 Å². The van der Waals surface area contributed by atoms with E-state index in [2.05, 4.69) is 31.2 Å². The molecule has 0 atom stereocenters. The Kier molecular flexibility index (Phi) is 4.07. The molecule has 0 unspecified atom stereocenters. The predicted octanol–water partition coefficient (Wildman–Crippen LogP) is 2.83. The zero-order chi connectivity index (χ0) is 19.8. The number of rotatable bonds is 4. The molecule has 4 N–H and O–H groups in total. The van der Waals surface area contributed by atoms with E-state index in [0.29, 0.717) is 12.4 Å². The number of hydrogen-bond donors (Lipinski definition) is 4. The van der Waals surface area contributed by atoms with Gasteiger partial charge in [-0.05, 0) is 36.4 Å². The summed E-state index contributed by atoms with van der Waals surface area (Å²) in [6, 6.07) is 11.5. The van der Waals surface area contributed by atoms with Crippen molar-refractivity contribution in [2.75, 3.05) is 15.8 Å². The number of nitrogens with zero attached hydrogens (tertiary/aromatic N) is 4. The zero-order valence-electron chi connectivity index (χ0n) is 15.6. The smallest absolute Gasteiger partial charge is 0.222 e. The van der Waals surface area contributed by atoms with Crippen LogP contribution in [-0.2, 0) is 11.3 Å². The van der Waals surface area contributed by atoms with Crippen molar-refractivity contribution in [3.8, 4) is 11.3 Å². The highest BCUT2D eigenvalue weighted by Gasteiger charge is 2.22. The van der Waals surface area contributed by atoms with Gasteiger partial charge in [0.1, 0.15) is 11.5 Å². The van der Waals surface area contributed by atoms with Crippen molar-refractivity contribution in [3.63, 3.8) is 0 Å². The van der Waals surface area contributed by atoms with E-state index in [-0.39, 0.29) is 5.91 Å². The third-order valence-corrected chi connectivity index (χ3v) is 4.68. The number of fused-ring (bicyclic) bond motifs is 2. The van der Waals surface area contributed by atoms with Crippen molar-refractivity contribution in [1.82, 2.24) is 25.5 Å². The topological polar surface area (TPSA) is 111 Å². The fraction of sp³-hybridized carbons (Fsp3) is 0.100. The maximum Gasteiger partial charge on any atom is 0.222 e. The second-order valence-electron chi connectivity index (χ2n) is 6.72. The highest BCUT2D eigenvalue weighted by Crippen LogP contribution is 2.32. The average Bonchev–Trinajstić information content (AvgIpc) is 3.33. The average molecular weight is 386 g/mol. The molecule has 5 heterocycles. The summed E-state index contributed by atoms with van der Waals surface area (Å²) in [4.78, 5) is 27.8. The molecular formula is C20H18N8O. The van der Waals surface area contributed by atoms with Crippen LogP contribution in [0.2, 0.25) is 0 Å². The molecule has 1 amide bonds. The van der Waals surface area contributed by atoms with Crippen LogP contribution in [0.15, 0.2) is 55.0 Å². The Bertz CT molecular complexity index is 1200. The molecule has 0 fully saturated rings. The van der Waals surface area contributed by atoms with Gasteiger partial charge in [0.05, 0.1) is 17.9 Å². The molecule has 0 aromatic carbocycles. The molecule has 4 aromatic heterocycles. The summed E-state index contributed by atoms with van der Waals surface area (Å²) in [5, 5.41) is 5.70. The fourth-order valence-electron chi connectivity index (χ4n) is 3.32. The van der Waals surface area contributed by atoms with Crippen LogP contribution in [-0.4, -0.2) is 25.8 Å². The monoisotopic (exact) mass is 386 g/mol. The van der Waals surface area contributed by atoms with Crippen molar-refractivity contribution in [1.29, 1.82) is 0 Å². The lowest BCUT2D eigenvalue weighted by Crippen LogP contribution is -2.35. The number of hydrazine groups is 2. The molecule has 0 spiro atoms. The molecule has 0 bridgehead atoms. The van der Waals surface area contributed by atoms with Gasteiger partial charge in [-0.25, -0.2) is 15.0 Å². The quantitative estimate of drug-likeness (QED) is 0.427. The van der Waals surface area contributed by atoms with Crippen LogP contribution in [0, 0.1) is 0 Å². The number of anilines is 3. The number of hydrogen-bond acceptors (Lipinski definition) is 7. The third kappa shape index (κ3) is 3.23. The van der Waals surface area contributed by atoms with Crippen molar-refractivity contribution >= 4 is 34.3 Å². The molecule has 1 aliphatic heterocycles. The highest BCUT2D eigenvalue weighted by atomic mass is 16.1. The van der Waals surface area contributed by atoms with Gasteiger partial charge < -0.3 is 15.7 Å². The molecule has 5 rings (SSSR count). The van der Waals surface area contributed by atoms with Crippen LogP contribution in [0.5, 0.6) is 0 Å². The van der Waals surface area contributed by atoms with E-state index in [0.717, 1.165) is 39.4 Å². The molecule has 9 heteroatoms. The van der Waals surface area contributed by atoms with Crippen LogP contribution >= 0.6 is 0 Å². The van der Waals surface area contributed by atoms with Gasteiger partial charge in [-0.15, -0.1) is 5.53 Å².